The maximum absolute atomic E-state index is 10.4. The Bertz CT molecular complexity index is 1620. The van der Waals surface area contributed by atoms with Gasteiger partial charge in [0.1, 0.15) is 9.84 Å². The van der Waals surface area contributed by atoms with Crippen LogP contribution in [0, 0.1) is 23.7 Å². The summed E-state index contributed by atoms with van der Waals surface area (Å²) in [6.45, 7) is 51.3. The number of nitrogens with zero attached hydrogens (tertiary/aromatic N) is 4. The summed E-state index contributed by atoms with van der Waals surface area (Å²) >= 11 is 0. The van der Waals surface area contributed by atoms with Crippen LogP contribution in [0.15, 0.2) is 30.3 Å². The predicted octanol–water partition coefficient (Wildman–Crippen LogP) is 12.5. The molecular weight excluding hydrogens is 1180 g/mol. The van der Waals surface area contributed by atoms with Gasteiger partial charge in [-0.1, -0.05) is 126 Å². The van der Waals surface area contributed by atoms with E-state index in [1.165, 1.54) is 128 Å². The summed E-state index contributed by atoms with van der Waals surface area (Å²) in [4.78, 5) is 9.56. The Balaban J connectivity index is -0.000000466. The van der Waals surface area contributed by atoms with Crippen molar-refractivity contribution in [1.29, 1.82) is 0 Å². The number of unbranched alkanes of at least 4 members (excludes halogenated alkanes) is 1. The number of ether oxygens (including phenoxy) is 6. The minimum atomic E-state index is -2.69. The fourth-order valence-electron chi connectivity index (χ4n) is 9.04. The highest BCUT2D eigenvalue weighted by Gasteiger charge is 2.21. The SMILES string of the molecule is CC1CCN(C)CC1.CC1CCNCC1.CC1CCOCC1.CCC(C)(C)O.CCC(O)CO.CCC1CCCOC1.CCC1COCCN1Cc1ccccc1.CCC1COCCO1.CCCCS(C)(=O)=O.CCCN(C)C.CCCN1CCOCC1.CCCO. The largest absolute Gasteiger partial charge is 0.396 e. The van der Waals surface area contributed by atoms with Crippen molar-refractivity contribution in [3.05, 3.63) is 35.9 Å². The number of hydrogen-bond donors (Lipinski definition) is 5. The predicted molar refractivity (Wildman–Crippen MR) is 391 cm³/mol. The summed E-state index contributed by atoms with van der Waals surface area (Å²) in [5, 5.41) is 36.5. The molecule has 0 aliphatic carbocycles. The molecule has 4 unspecified atom stereocenters. The highest BCUT2D eigenvalue weighted by atomic mass is 32.2. The number of rotatable bonds is 16. The molecule has 7 aliphatic heterocycles. The van der Waals surface area contributed by atoms with E-state index in [9.17, 15) is 8.42 Å². The van der Waals surface area contributed by atoms with Crippen LogP contribution in [-0.4, -0.2) is 250 Å². The van der Waals surface area contributed by atoms with Gasteiger partial charge in [0, 0.05) is 77.3 Å². The fraction of sp³-hybridized carbons (Fsp3) is 0.919. The number of benzene rings is 1. The minimum Gasteiger partial charge on any atom is -0.396 e. The van der Waals surface area contributed by atoms with Crippen molar-refractivity contribution in [2.75, 3.05) is 178 Å². The standard InChI is InChI=1S/C13H19NO.C7H15NO.C7H15N.C7H14O.C6H13N.C6H12O2.C6H12O.C5H13N.C5H12O2S.C5H12O.C4H10O2.C3H8O/c1-2-13-11-15-9-8-14(13)10-12-6-4-3-5-7-12;1-2-3-8-4-6-9-7-5-8;1-7-3-5-8(2)6-4-7;1-2-7-4-3-5-8-6-7;1-6-2-4-7-5-3-6;1-2-6-5-7-3-4-8-6;1-6-2-4-7-5-3-6;1-4-5-6(2)3;1-3-4-5-8(2,6)7;1-4-5(2,3)6;1-2-4(6)3-5;1-2-3-4/h3-7,13H,2,8-11H2,1H3;2-7H2,1H3;7H,3-6H2,1-2H3;7H,2-6H2,1H3;6-7H,2-5H2,1H3;6H,2-5H2,1H3;6H,2-5H2,1H3;4-5H2,1-3H3;3-5H2,1-2H3;6H,4H2,1-3H3;4-6H,2-3H2,1H3;4H,2-3H2,1H3. The molecule has 7 fully saturated rings. The van der Waals surface area contributed by atoms with Gasteiger partial charge in [0.05, 0.1) is 70.7 Å². The first-order valence-electron chi connectivity index (χ1n) is 36.7. The number of piperidine rings is 2. The maximum atomic E-state index is 10.4. The van der Waals surface area contributed by atoms with Gasteiger partial charge in [-0.25, -0.2) is 8.42 Å². The van der Waals surface area contributed by atoms with Crippen LogP contribution in [0.4, 0.5) is 0 Å². The molecule has 0 spiro atoms. The van der Waals surface area contributed by atoms with Gasteiger partial charge in [0.2, 0.25) is 0 Å². The molecule has 554 valence electrons. The molecule has 7 saturated heterocycles. The number of hydrogen-bond acceptors (Lipinski definition) is 17. The Labute approximate surface area is 569 Å². The topological polar surface area (TPSA) is 195 Å². The number of aliphatic hydroxyl groups is 4. The van der Waals surface area contributed by atoms with E-state index in [1.807, 2.05) is 27.7 Å². The summed E-state index contributed by atoms with van der Waals surface area (Å²) < 4.78 is 52.3. The van der Waals surface area contributed by atoms with Gasteiger partial charge in [-0.05, 0) is 206 Å². The highest BCUT2D eigenvalue weighted by Crippen LogP contribution is 2.17. The lowest BCUT2D eigenvalue weighted by atomic mass is 10.00. The third-order valence-electron chi connectivity index (χ3n) is 16.3. The van der Waals surface area contributed by atoms with Gasteiger partial charge in [0.15, 0.2) is 0 Å². The van der Waals surface area contributed by atoms with E-state index in [1.54, 1.807) is 13.8 Å². The molecule has 1 aromatic carbocycles. The first-order chi connectivity index (χ1) is 43.9. The van der Waals surface area contributed by atoms with Gasteiger partial charge in [-0.2, -0.15) is 0 Å². The second-order valence-corrected chi connectivity index (χ2v) is 28.9. The quantitative estimate of drug-likeness (QED) is 0.105. The van der Waals surface area contributed by atoms with Crippen LogP contribution in [0.3, 0.4) is 0 Å². The van der Waals surface area contributed by atoms with Gasteiger partial charge < -0.3 is 64.0 Å². The molecule has 8 rings (SSSR count). The zero-order chi connectivity index (χ0) is 70.1. The second-order valence-electron chi connectivity index (χ2n) is 26.6. The molecule has 0 aromatic heterocycles. The van der Waals surface area contributed by atoms with E-state index >= 15 is 0 Å². The van der Waals surface area contributed by atoms with Crippen molar-refractivity contribution < 1.29 is 57.3 Å². The number of nitrogens with one attached hydrogen (secondary N) is 1. The average Bonchev–Trinajstić information content (AvgIpc) is 1.73. The molecule has 0 saturated carbocycles. The molecule has 92 heavy (non-hydrogen) atoms. The van der Waals surface area contributed by atoms with Crippen molar-refractivity contribution in [2.45, 2.75) is 243 Å². The Morgan fingerprint density at radius 1 is 0.641 bits per heavy atom. The summed E-state index contributed by atoms with van der Waals surface area (Å²) in [6, 6.07) is 11.3. The lowest BCUT2D eigenvalue weighted by Crippen LogP contribution is -2.44. The zero-order valence-electron chi connectivity index (χ0n) is 63.4. The van der Waals surface area contributed by atoms with E-state index in [-0.39, 0.29) is 6.61 Å². The van der Waals surface area contributed by atoms with E-state index in [2.05, 4.69) is 132 Å². The van der Waals surface area contributed by atoms with Gasteiger partial charge in [-0.15, -0.1) is 0 Å². The van der Waals surface area contributed by atoms with Gasteiger partial charge in [0.25, 0.3) is 0 Å². The minimum absolute atomic E-state index is 0.115. The molecule has 0 bridgehead atoms. The van der Waals surface area contributed by atoms with Gasteiger partial charge in [-0.3, -0.25) is 9.80 Å². The summed E-state index contributed by atoms with van der Waals surface area (Å²) in [5.41, 5.74) is 0.942. The maximum Gasteiger partial charge on any atom is 0.147 e. The molecule has 1 aromatic rings. The van der Waals surface area contributed by atoms with Crippen LogP contribution in [-0.2, 0) is 44.8 Å². The molecule has 0 radical (unpaired) electrons. The smallest absolute Gasteiger partial charge is 0.147 e. The molecular formula is C74H155N5O12S. The van der Waals surface area contributed by atoms with E-state index in [4.69, 9.17) is 48.8 Å². The lowest BCUT2D eigenvalue weighted by molar-refractivity contribution is -0.0887. The number of likely N-dealkylation sites (tertiary alicyclic amines) is 1. The zero-order valence-corrected chi connectivity index (χ0v) is 64.2. The molecule has 18 heteroatoms. The van der Waals surface area contributed by atoms with Crippen LogP contribution in [0.5, 0.6) is 0 Å². The van der Waals surface area contributed by atoms with Crippen molar-refractivity contribution >= 4 is 9.84 Å². The van der Waals surface area contributed by atoms with Crippen LogP contribution in [0.25, 0.3) is 0 Å². The third-order valence-corrected chi connectivity index (χ3v) is 17.4. The highest BCUT2D eigenvalue weighted by molar-refractivity contribution is 7.90. The summed E-state index contributed by atoms with van der Waals surface area (Å²) in [5.74, 6) is 4.06. The monoisotopic (exact) mass is 1340 g/mol. The Morgan fingerprint density at radius 3 is 1.51 bits per heavy atom. The van der Waals surface area contributed by atoms with Gasteiger partial charge >= 0.3 is 0 Å². The number of sulfone groups is 1. The van der Waals surface area contributed by atoms with Crippen LogP contribution < -0.4 is 5.32 Å². The molecule has 7 aliphatic rings. The number of morpholine rings is 2. The van der Waals surface area contributed by atoms with Crippen LogP contribution in [0.2, 0.25) is 0 Å². The van der Waals surface area contributed by atoms with E-state index < -0.39 is 21.5 Å². The normalized spacial score (nSPS) is 21.1. The lowest BCUT2D eigenvalue weighted by Gasteiger charge is -2.35. The first-order valence-corrected chi connectivity index (χ1v) is 38.8. The van der Waals surface area contributed by atoms with E-state index in [0.29, 0.717) is 30.9 Å². The second kappa shape index (κ2) is 69.5. The summed E-state index contributed by atoms with van der Waals surface area (Å²) in [6.07, 6.45) is 22.0. The van der Waals surface area contributed by atoms with Crippen LogP contribution in [0.1, 0.15) is 218 Å². The van der Waals surface area contributed by atoms with Crippen molar-refractivity contribution in [2.24, 2.45) is 23.7 Å². The molecule has 5 N–H and O–H groups in total. The molecule has 7 heterocycles. The van der Waals surface area contributed by atoms with Crippen molar-refractivity contribution in [3.63, 3.8) is 0 Å². The molecule has 0 amide bonds. The Kier molecular flexibility index (Phi) is 73.2. The van der Waals surface area contributed by atoms with E-state index in [0.717, 1.165) is 155 Å². The number of aliphatic hydroxyl groups excluding tert-OH is 3. The molecule has 4 atom stereocenters. The first kappa shape index (κ1) is 97.0. The van der Waals surface area contributed by atoms with Crippen LogP contribution >= 0.6 is 0 Å². The average molecular weight is 1340 g/mol. The van der Waals surface area contributed by atoms with Crippen molar-refractivity contribution in [3.8, 4) is 0 Å². The van der Waals surface area contributed by atoms with Crippen molar-refractivity contribution in [1.82, 2.24) is 24.9 Å². The Hall–Kier alpha value is -1.43. The third kappa shape index (κ3) is 72.8. The summed E-state index contributed by atoms with van der Waals surface area (Å²) in [7, 11) is 3.69. The molecule has 17 nitrogen and oxygen atoms in total. The Morgan fingerprint density at radius 2 is 1.18 bits per heavy atom. The fourth-order valence-corrected chi connectivity index (χ4v) is 9.85.